The molecule has 0 saturated heterocycles. The summed E-state index contributed by atoms with van der Waals surface area (Å²) in [5, 5.41) is 6.66. The standard InChI is InChI=1S/C16H23N3O3S/c1-9(2)13-8-14(10(3)7-15(13)22-6)19-23(20,21)16-11(4)17-18-12(16)5/h7-9,19H,1-6H3,(H,17,18). The number of hydrogen-bond acceptors (Lipinski definition) is 4. The van der Waals surface area contributed by atoms with Gasteiger partial charge in [0, 0.05) is 0 Å². The van der Waals surface area contributed by atoms with Gasteiger partial charge in [-0.15, -0.1) is 0 Å². The van der Waals surface area contributed by atoms with Crippen molar-refractivity contribution in [2.24, 2.45) is 0 Å². The fourth-order valence-electron chi connectivity index (χ4n) is 2.57. The van der Waals surface area contributed by atoms with Crippen molar-refractivity contribution in [2.45, 2.75) is 45.4 Å². The van der Waals surface area contributed by atoms with Crippen LogP contribution in [0.15, 0.2) is 17.0 Å². The van der Waals surface area contributed by atoms with E-state index in [0.717, 1.165) is 16.9 Å². The number of sulfonamides is 1. The Morgan fingerprint density at radius 3 is 2.35 bits per heavy atom. The van der Waals surface area contributed by atoms with Gasteiger partial charge in [-0.1, -0.05) is 13.8 Å². The Morgan fingerprint density at radius 1 is 1.22 bits per heavy atom. The summed E-state index contributed by atoms with van der Waals surface area (Å²) in [6.07, 6.45) is 0. The lowest BCUT2D eigenvalue weighted by atomic mass is 9.99. The van der Waals surface area contributed by atoms with Crippen molar-refractivity contribution in [3.05, 3.63) is 34.6 Å². The number of nitrogens with one attached hydrogen (secondary N) is 2. The van der Waals surface area contributed by atoms with E-state index in [9.17, 15) is 8.42 Å². The third kappa shape index (κ3) is 3.34. The quantitative estimate of drug-likeness (QED) is 0.877. The van der Waals surface area contributed by atoms with Crippen molar-refractivity contribution in [1.82, 2.24) is 10.2 Å². The first kappa shape index (κ1) is 17.3. The third-order valence-corrected chi connectivity index (χ3v) is 5.40. The molecule has 0 atom stereocenters. The topological polar surface area (TPSA) is 84.1 Å². The summed E-state index contributed by atoms with van der Waals surface area (Å²) in [4.78, 5) is 0.193. The fraction of sp³-hybridized carbons (Fsp3) is 0.438. The van der Waals surface area contributed by atoms with Crippen LogP contribution in [0.3, 0.4) is 0 Å². The van der Waals surface area contributed by atoms with Crippen molar-refractivity contribution in [3.63, 3.8) is 0 Å². The van der Waals surface area contributed by atoms with Crippen LogP contribution >= 0.6 is 0 Å². The molecule has 1 aromatic heterocycles. The zero-order valence-electron chi connectivity index (χ0n) is 14.3. The molecule has 2 N–H and O–H groups in total. The molecule has 7 heteroatoms. The average molecular weight is 337 g/mol. The normalized spacial score (nSPS) is 11.8. The van der Waals surface area contributed by atoms with Crippen molar-refractivity contribution in [2.75, 3.05) is 11.8 Å². The van der Waals surface area contributed by atoms with E-state index in [2.05, 4.69) is 14.9 Å². The van der Waals surface area contributed by atoms with Gasteiger partial charge < -0.3 is 4.74 Å². The first-order chi connectivity index (χ1) is 10.7. The van der Waals surface area contributed by atoms with Crippen LogP contribution in [0, 0.1) is 20.8 Å². The van der Waals surface area contributed by atoms with Crippen LogP contribution in [-0.2, 0) is 10.0 Å². The van der Waals surface area contributed by atoms with Crippen LogP contribution in [0.2, 0.25) is 0 Å². The number of ether oxygens (including phenoxy) is 1. The lowest BCUT2D eigenvalue weighted by molar-refractivity contribution is 0.407. The molecule has 2 aromatic rings. The summed E-state index contributed by atoms with van der Waals surface area (Å²) < 4.78 is 33.4. The van der Waals surface area contributed by atoms with Gasteiger partial charge in [-0.05, 0) is 49.9 Å². The van der Waals surface area contributed by atoms with Gasteiger partial charge in [0.2, 0.25) is 0 Å². The van der Waals surface area contributed by atoms with E-state index in [-0.39, 0.29) is 10.8 Å². The third-order valence-electron chi connectivity index (χ3n) is 3.77. The molecule has 1 aromatic carbocycles. The van der Waals surface area contributed by atoms with E-state index < -0.39 is 10.0 Å². The predicted octanol–water partition coefficient (Wildman–Crippen LogP) is 3.27. The van der Waals surface area contributed by atoms with Gasteiger partial charge in [-0.2, -0.15) is 5.10 Å². The number of benzene rings is 1. The minimum absolute atomic E-state index is 0.193. The Kier molecular flexibility index (Phi) is 4.70. The van der Waals surface area contributed by atoms with Gasteiger partial charge in [-0.25, -0.2) is 8.42 Å². The van der Waals surface area contributed by atoms with E-state index in [1.165, 1.54) is 0 Å². The van der Waals surface area contributed by atoms with Crippen LogP contribution in [0.25, 0.3) is 0 Å². The SMILES string of the molecule is COc1cc(C)c(NS(=O)(=O)c2c(C)n[nH]c2C)cc1C(C)C. The molecule has 0 aliphatic heterocycles. The maximum atomic E-state index is 12.7. The van der Waals surface area contributed by atoms with E-state index in [1.54, 1.807) is 21.0 Å². The van der Waals surface area contributed by atoms with Crippen molar-refractivity contribution in [1.29, 1.82) is 0 Å². The Morgan fingerprint density at radius 2 is 1.87 bits per heavy atom. The summed E-state index contributed by atoms with van der Waals surface area (Å²) in [6, 6.07) is 3.68. The Hall–Kier alpha value is -2.02. The molecule has 2 rings (SSSR count). The predicted molar refractivity (Wildman–Crippen MR) is 90.7 cm³/mol. The van der Waals surface area contributed by atoms with Crippen LogP contribution in [0.1, 0.15) is 42.3 Å². The fourth-order valence-corrected chi connectivity index (χ4v) is 4.06. The second-order valence-corrected chi connectivity index (χ2v) is 7.55. The number of methoxy groups -OCH3 is 1. The number of hydrogen-bond donors (Lipinski definition) is 2. The van der Waals surface area contributed by atoms with E-state index in [1.807, 2.05) is 32.9 Å². The zero-order valence-corrected chi connectivity index (χ0v) is 15.1. The molecule has 0 bridgehead atoms. The highest BCUT2D eigenvalue weighted by atomic mass is 32.2. The minimum atomic E-state index is -3.70. The molecule has 23 heavy (non-hydrogen) atoms. The van der Waals surface area contributed by atoms with Crippen molar-refractivity contribution < 1.29 is 13.2 Å². The molecule has 0 saturated carbocycles. The molecule has 0 amide bonds. The smallest absolute Gasteiger partial charge is 0.265 e. The van der Waals surface area contributed by atoms with Gasteiger partial charge in [-0.3, -0.25) is 9.82 Å². The van der Waals surface area contributed by atoms with E-state index in [4.69, 9.17) is 4.74 Å². The summed E-state index contributed by atoms with van der Waals surface area (Å²) in [5.74, 6) is 0.974. The van der Waals surface area contributed by atoms with Gasteiger partial charge >= 0.3 is 0 Å². The molecule has 126 valence electrons. The molecule has 6 nitrogen and oxygen atoms in total. The molecular formula is C16H23N3O3S. The molecule has 0 aliphatic carbocycles. The molecule has 0 fully saturated rings. The lowest BCUT2D eigenvalue weighted by Crippen LogP contribution is -2.16. The monoisotopic (exact) mass is 337 g/mol. The van der Waals surface area contributed by atoms with Crippen LogP contribution in [-0.4, -0.2) is 25.7 Å². The number of H-pyrrole nitrogens is 1. The van der Waals surface area contributed by atoms with E-state index >= 15 is 0 Å². The second kappa shape index (κ2) is 6.23. The molecular weight excluding hydrogens is 314 g/mol. The second-order valence-electron chi connectivity index (χ2n) is 5.93. The maximum Gasteiger partial charge on any atom is 0.265 e. The summed E-state index contributed by atoms with van der Waals surface area (Å²) in [6.45, 7) is 9.28. The molecule has 0 unspecified atom stereocenters. The number of rotatable bonds is 5. The lowest BCUT2D eigenvalue weighted by Gasteiger charge is -2.17. The van der Waals surface area contributed by atoms with Crippen LogP contribution in [0.4, 0.5) is 5.69 Å². The Labute approximate surface area is 137 Å². The number of anilines is 1. The number of aromatic amines is 1. The minimum Gasteiger partial charge on any atom is -0.496 e. The highest BCUT2D eigenvalue weighted by Crippen LogP contribution is 2.33. The van der Waals surface area contributed by atoms with Gasteiger partial charge in [0.05, 0.1) is 24.2 Å². The highest BCUT2D eigenvalue weighted by molar-refractivity contribution is 7.92. The van der Waals surface area contributed by atoms with Crippen molar-refractivity contribution >= 4 is 15.7 Å². The summed E-state index contributed by atoms with van der Waals surface area (Å²) in [5.41, 5.74) is 3.27. The van der Waals surface area contributed by atoms with Crippen molar-refractivity contribution in [3.8, 4) is 5.75 Å². The zero-order chi connectivity index (χ0) is 17.4. The molecule has 0 aliphatic rings. The largest absolute Gasteiger partial charge is 0.496 e. The number of aromatic nitrogens is 2. The summed E-state index contributed by atoms with van der Waals surface area (Å²) in [7, 11) is -2.09. The number of nitrogens with zero attached hydrogens (tertiary/aromatic N) is 1. The summed E-state index contributed by atoms with van der Waals surface area (Å²) >= 11 is 0. The Balaban J connectivity index is 2.50. The van der Waals surface area contributed by atoms with Gasteiger partial charge in [0.25, 0.3) is 10.0 Å². The van der Waals surface area contributed by atoms with E-state index in [0.29, 0.717) is 17.1 Å². The maximum absolute atomic E-state index is 12.7. The van der Waals surface area contributed by atoms with Gasteiger partial charge in [0.1, 0.15) is 10.6 Å². The average Bonchev–Trinajstić information content (AvgIpc) is 2.80. The molecule has 0 radical (unpaired) electrons. The molecule has 1 heterocycles. The Bertz CT molecular complexity index is 804. The van der Waals surface area contributed by atoms with Crippen LogP contribution < -0.4 is 9.46 Å². The first-order valence-corrected chi connectivity index (χ1v) is 8.88. The van der Waals surface area contributed by atoms with Gasteiger partial charge in [0.15, 0.2) is 0 Å². The van der Waals surface area contributed by atoms with Crippen LogP contribution in [0.5, 0.6) is 5.75 Å². The highest BCUT2D eigenvalue weighted by Gasteiger charge is 2.23. The number of aryl methyl sites for hydroxylation is 3. The molecule has 0 spiro atoms. The first-order valence-electron chi connectivity index (χ1n) is 7.40.